The van der Waals surface area contributed by atoms with Gasteiger partial charge in [-0.25, -0.2) is 0 Å². The number of anilines is 1. The van der Waals surface area contributed by atoms with Crippen molar-refractivity contribution in [2.75, 3.05) is 19.4 Å². The minimum absolute atomic E-state index is 0.0188. The summed E-state index contributed by atoms with van der Waals surface area (Å²) in [6.45, 7) is 0. The van der Waals surface area contributed by atoms with Crippen LogP contribution < -0.4 is 5.32 Å². The Morgan fingerprint density at radius 3 is 2.29 bits per heavy atom. The van der Waals surface area contributed by atoms with Crippen LogP contribution in [0.4, 0.5) is 5.69 Å². The summed E-state index contributed by atoms with van der Waals surface area (Å²) >= 11 is 0. The van der Waals surface area contributed by atoms with Crippen molar-refractivity contribution in [3.63, 3.8) is 0 Å². The number of benzene rings is 1. The van der Waals surface area contributed by atoms with Crippen LogP contribution in [0.3, 0.4) is 0 Å². The molecule has 1 aromatic carbocycles. The second-order valence-corrected chi connectivity index (χ2v) is 5.18. The Bertz CT molecular complexity index is 803. The van der Waals surface area contributed by atoms with Crippen molar-refractivity contribution in [3.05, 3.63) is 65.5 Å². The van der Waals surface area contributed by atoms with Gasteiger partial charge in [0.1, 0.15) is 11.6 Å². The fourth-order valence-electron chi connectivity index (χ4n) is 1.93. The van der Waals surface area contributed by atoms with E-state index < -0.39 is 5.91 Å². The number of nitrogens with zero attached hydrogens (tertiary/aromatic N) is 3. The second kappa shape index (κ2) is 7.70. The molecule has 0 aliphatic carbocycles. The molecule has 0 bridgehead atoms. The third-order valence-electron chi connectivity index (χ3n) is 3.18. The van der Waals surface area contributed by atoms with Crippen LogP contribution in [-0.4, -0.2) is 35.8 Å². The minimum Gasteiger partial charge on any atom is -0.345 e. The van der Waals surface area contributed by atoms with Gasteiger partial charge in [0.15, 0.2) is 0 Å². The highest BCUT2D eigenvalue weighted by Crippen LogP contribution is 2.13. The van der Waals surface area contributed by atoms with E-state index in [1.807, 2.05) is 6.07 Å². The lowest BCUT2D eigenvalue weighted by Gasteiger charge is -2.10. The van der Waals surface area contributed by atoms with Crippen molar-refractivity contribution in [3.8, 4) is 6.07 Å². The first-order chi connectivity index (χ1) is 11.5. The van der Waals surface area contributed by atoms with Crippen molar-refractivity contribution >= 4 is 23.6 Å². The molecule has 1 aromatic heterocycles. The lowest BCUT2D eigenvalue weighted by Crippen LogP contribution is -2.21. The Morgan fingerprint density at radius 2 is 1.75 bits per heavy atom. The highest BCUT2D eigenvalue weighted by Gasteiger charge is 2.11. The summed E-state index contributed by atoms with van der Waals surface area (Å²) in [7, 11) is 3.34. The number of carbonyl (C=O) groups excluding carboxylic acids is 2. The van der Waals surface area contributed by atoms with Crippen LogP contribution in [0.5, 0.6) is 0 Å². The molecule has 1 N–H and O–H groups in total. The van der Waals surface area contributed by atoms with Gasteiger partial charge in [-0.1, -0.05) is 0 Å². The Kier molecular flexibility index (Phi) is 5.42. The van der Waals surface area contributed by atoms with E-state index in [1.54, 1.807) is 62.9 Å². The Morgan fingerprint density at radius 1 is 1.12 bits per heavy atom. The summed E-state index contributed by atoms with van der Waals surface area (Å²) in [6, 6.07) is 11.8. The molecule has 2 aromatic rings. The number of hydrogen-bond donors (Lipinski definition) is 1. The molecule has 2 amide bonds. The molecule has 0 unspecified atom stereocenters. The van der Waals surface area contributed by atoms with Crippen LogP contribution in [0, 0.1) is 11.3 Å². The van der Waals surface area contributed by atoms with Crippen molar-refractivity contribution in [2.24, 2.45) is 0 Å². The van der Waals surface area contributed by atoms with Gasteiger partial charge in [0, 0.05) is 37.7 Å². The van der Waals surface area contributed by atoms with E-state index in [2.05, 4.69) is 10.3 Å². The average molecular weight is 320 g/mol. The van der Waals surface area contributed by atoms with Crippen molar-refractivity contribution < 1.29 is 9.59 Å². The molecule has 2 rings (SSSR count). The second-order valence-electron chi connectivity index (χ2n) is 5.18. The molecule has 24 heavy (non-hydrogen) atoms. The molecule has 0 fully saturated rings. The molecule has 0 radical (unpaired) electrons. The molecule has 0 aliphatic rings. The standard InChI is InChI=1S/C18H16N4O2/c1-22(2)18(24)14-3-5-16(6-4-14)21-17(23)15(12-19)11-13-7-9-20-10-8-13/h3-11H,1-2H3,(H,21,23)/b15-11+. The Labute approximate surface area is 140 Å². The van der Waals surface area contributed by atoms with Gasteiger partial charge in [-0.2, -0.15) is 5.26 Å². The molecule has 6 heteroatoms. The van der Waals surface area contributed by atoms with E-state index in [1.165, 1.54) is 11.0 Å². The molecule has 120 valence electrons. The summed E-state index contributed by atoms with van der Waals surface area (Å²) in [5.41, 5.74) is 1.72. The first-order valence-electron chi connectivity index (χ1n) is 7.16. The molecule has 6 nitrogen and oxygen atoms in total. The maximum atomic E-state index is 12.2. The van der Waals surface area contributed by atoms with E-state index >= 15 is 0 Å². The Hall–Kier alpha value is -3.46. The summed E-state index contributed by atoms with van der Waals surface area (Å²) in [4.78, 5) is 29.4. The topological polar surface area (TPSA) is 86.1 Å². The van der Waals surface area contributed by atoms with Crippen LogP contribution in [0.1, 0.15) is 15.9 Å². The van der Waals surface area contributed by atoms with Gasteiger partial charge in [0.2, 0.25) is 0 Å². The molecule has 0 spiro atoms. The lowest BCUT2D eigenvalue weighted by atomic mass is 10.1. The number of hydrogen-bond acceptors (Lipinski definition) is 4. The largest absolute Gasteiger partial charge is 0.345 e. The van der Waals surface area contributed by atoms with Gasteiger partial charge in [0.05, 0.1) is 0 Å². The van der Waals surface area contributed by atoms with Crippen LogP contribution in [0.2, 0.25) is 0 Å². The van der Waals surface area contributed by atoms with Crippen LogP contribution in [-0.2, 0) is 4.79 Å². The monoisotopic (exact) mass is 320 g/mol. The van der Waals surface area contributed by atoms with Crippen LogP contribution >= 0.6 is 0 Å². The molecular weight excluding hydrogens is 304 g/mol. The van der Waals surface area contributed by atoms with E-state index in [-0.39, 0.29) is 11.5 Å². The summed E-state index contributed by atoms with van der Waals surface area (Å²) in [6.07, 6.45) is 4.65. The summed E-state index contributed by atoms with van der Waals surface area (Å²) in [5, 5.41) is 11.8. The van der Waals surface area contributed by atoms with Crippen LogP contribution in [0.15, 0.2) is 54.4 Å². The maximum Gasteiger partial charge on any atom is 0.266 e. The number of nitrogens with one attached hydrogen (secondary N) is 1. The fourth-order valence-corrected chi connectivity index (χ4v) is 1.93. The number of carbonyl (C=O) groups is 2. The highest BCUT2D eigenvalue weighted by molar-refractivity contribution is 6.09. The quantitative estimate of drug-likeness (QED) is 0.692. The number of pyridine rings is 1. The third kappa shape index (κ3) is 4.27. The summed E-state index contributed by atoms with van der Waals surface area (Å²) < 4.78 is 0. The fraction of sp³-hybridized carbons (Fsp3) is 0.111. The first kappa shape index (κ1) is 16.9. The lowest BCUT2D eigenvalue weighted by molar-refractivity contribution is -0.112. The molecule has 0 saturated heterocycles. The van der Waals surface area contributed by atoms with Gasteiger partial charge in [-0.3, -0.25) is 14.6 Å². The van der Waals surface area contributed by atoms with E-state index in [0.29, 0.717) is 16.8 Å². The molecule has 0 saturated carbocycles. The zero-order valence-electron chi connectivity index (χ0n) is 13.4. The van der Waals surface area contributed by atoms with Crippen molar-refractivity contribution in [1.29, 1.82) is 5.26 Å². The number of aromatic nitrogens is 1. The zero-order valence-corrected chi connectivity index (χ0v) is 13.4. The van der Waals surface area contributed by atoms with Gasteiger partial charge < -0.3 is 10.2 Å². The number of amides is 2. The normalized spacial score (nSPS) is 10.6. The molecule has 0 atom stereocenters. The molecule has 1 heterocycles. The average Bonchev–Trinajstić information content (AvgIpc) is 2.60. The zero-order chi connectivity index (χ0) is 17.5. The van der Waals surface area contributed by atoms with Gasteiger partial charge in [-0.15, -0.1) is 0 Å². The SMILES string of the molecule is CN(C)C(=O)c1ccc(NC(=O)/C(C#N)=C/c2ccncc2)cc1. The summed E-state index contributed by atoms with van der Waals surface area (Å²) in [5.74, 6) is -0.635. The van der Waals surface area contributed by atoms with Gasteiger partial charge >= 0.3 is 0 Å². The number of nitriles is 1. The predicted molar refractivity (Wildman–Crippen MR) is 90.9 cm³/mol. The molecule has 0 aliphatic heterocycles. The van der Waals surface area contributed by atoms with E-state index in [4.69, 9.17) is 5.26 Å². The first-order valence-corrected chi connectivity index (χ1v) is 7.16. The smallest absolute Gasteiger partial charge is 0.266 e. The van der Waals surface area contributed by atoms with Crippen LogP contribution in [0.25, 0.3) is 6.08 Å². The molecular formula is C18H16N4O2. The number of rotatable bonds is 4. The van der Waals surface area contributed by atoms with E-state index in [0.717, 1.165) is 0 Å². The van der Waals surface area contributed by atoms with Gasteiger partial charge in [-0.05, 0) is 48.0 Å². The Balaban J connectivity index is 2.12. The predicted octanol–water partition coefficient (Wildman–Crippen LogP) is 2.33. The maximum absolute atomic E-state index is 12.2. The van der Waals surface area contributed by atoms with Gasteiger partial charge in [0.25, 0.3) is 11.8 Å². The van der Waals surface area contributed by atoms with Crippen molar-refractivity contribution in [1.82, 2.24) is 9.88 Å². The van der Waals surface area contributed by atoms with E-state index in [9.17, 15) is 9.59 Å². The third-order valence-corrected chi connectivity index (χ3v) is 3.18. The van der Waals surface area contributed by atoms with Crippen molar-refractivity contribution in [2.45, 2.75) is 0 Å². The minimum atomic E-state index is -0.513. The highest BCUT2D eigenvalue weighted by atomic mass is 16.2.